The molecule has 0 aliphatic carbocycles. The topological polar surface area (TPSA) is 99.6 Å². The largest absolute Gasteiger partial charge is 0.485 e. The number of aromatic nitrogens is 2. The number of ether oxygens (including phenoxy) is 2. The molecule has 1 aliphatic heterocycles. The summed E-state index contributed by atoms with van der Waals surface area (Å²) in [7, 11) is 0. The van der Waals surface area contributed by atoms with Crippen molar-refractivity contribution in [1.82, 2.24) is 15.5 Å². The molecule has 1 amide bonds. The van der Waals surface area contributed by atoms with Gasteiger partial charge in [0.2, 0.25) is 12.0 Å². The molecule has 1 aliphatic rings. The number of para-hydroxylation sites is 3. The summed E-state index contributed by atoms with van der Waals surface area (Å²) in [5, 5.41) is 12.3. The van der Waals surface area contributed by atoms with Gasteiger partial charge in [-0.1, -0.05) is 42.1 Å². The van der Waals surface area contributed by atoms with Gasteiger partial charge in [0.05, 0.1) is 11.8 Å². The van der Waals surface area contributed by atoms with Crippen molar-refractivity contribution in [2.45, 2.75) is 24.3 Å². The Kier molecular flexibility index (Phi) is 5.25. The monoisotopic (exact) mass is 437 g/mol. The highest BCUT2D eigenvalue weighted by Crippen LogP contribution is 2.36. The zero-order valence-corrected chi connectivity index (χ0v) is 17.4. The van der Waals surface area contributed by atoms with E-state index in [4.69, 9.17) is 18.3 Å². The van der Waals surface area contributed by atoms with E-state index in [2.05, 4.69) is 15.5 Å². The van der Waals surface area contributed by atoms with E-state index in [0.29, 0.717) is 28.4 Å². The lowest BCUT2D eigenvalue weighted by Gasteiger charge is -2.23. The van der Waals surface area contributed by atoms with Gasteiger partial charge in [-0.3, -0.25) is 4.79 Å². The van der Waals surface area contributed by atoms with Crippen LogP contribution in [-0.2, 0) is 4.79 Å². The lowest BCUT2D eigenvalue weighted by atomic mass is 10.2. The lowest BCUT2D eigenvalue weighted by Crippen LogP contribution is -2.27. The molecule has 1 N–H and O–H groups in total. The number of carbonyl (C=O) groups is 1. The molecule has 0 spiro atoms. The molecule has 0 saturated carbocycles. The Morgan fingerprint density at radius 1 is 1.13 bits per heavy atom. The third-order valence-corrected chi connectivity index (χ3v) is 5.60. The van der Waals surface area contributed by atoms with Gasteiger partial charge >= 0.3 is 0 Å². The maximum Gasteiger partial charge on any atom is 0.277 e. The number of benzene rings is 2. The SMILES string of the molecule is C[C@@H](NC(=O)CSc1nnc([C@H]2COc3ccccc3O2)o1)c1cc2ccccc2o1. The number of furan rings is 1. The third-order valence-electron chi connectivity index (χ3n) is 4.78. The Morgan fingerprint density at radius 2 is 1.94 bits per heavy atom. The number of fused-ring (bicyclic) bond motifs is 2. The molecule has 2 aromatic heterocycles. The first kappa shape index (κ1) is 19.5. The number of amides is 1. The average Bonchev–Trinajstić information content (AvgIpc) is 3.44. The maximum absolute atomic E-state index is 12.4. The van der Waals surface area contributed by atoms with Crippen LogP contribution >= 0.6 is 11.8 Å². The standard InChI is InChI=1S/C22H19N3O5S/c1-13(18-10-14-6-2-3-7-15(14)28-18)23-20(26)12-31-22-25-24-21(30-22)19-11-27-16-8-4-5-9-17(16)29-19/h2-10,13,19H,11-12H2,1H3,(H,23,26)/t13-,19-/m1/s1. The smallest absolute Gasteiger partial charge is 0.277 e. The Hall–Kier alpha value is -3.46. The first-order valence-electron chi connectivity index (χ1n) is 9.78. The molecule has 8 nitrogen and oxygen atoms in total. The van der Waals surface area contributed by atoms with Crippen molar-refractivity contribution in [2.75, 3.05) is 12.4 Å². The van der Waals surface area contributed by atoms with Crippen molar-refractivity contribution < 1.29 is 23.1 Å². The van der Waals surface area contributed by atoms with Gasteiger partial charge in [0.25, 0.3) is 11.1 Å². The molecule has 158 valence electrons. The van der Waals surface area contributed by atoms with Gasteiger partial charge in [0.1, 0.15) is 18.0 Å². The van der Waals surface area contributed by atoms with Gasteiger partial charge in [0.15, 0.2) is 11.5 Å². The minimum absolute atomic E-state index is 0.136. The minimum atomic E-state index is -0.487. The van der Waals surface area contributed by atoms with Crippen LogP contribution in [0.3, 0.4) is 0 Å². The molecule has 31 heavy (non-hydrogen) atoms. The highest BCUT2D eigenvalue weighted by molar-refractivity contribution is 7.99. The van der Waals surface area contributed by atoms with Crippen LogP contribution in [0.1, 0.15) is 30.7 Å². The molecule has 5 rings (SSSR count). The van der Waals surface area contributed by atoms with Gasteiger partial charge in [-0.25, -0.2) is 0 Å². The Labute approximate surface area is 181 Å². The van der Waals surface area contributed by atoms with Gasteiger partial charge < -0.3 is 23.6 Å². The van der Waals surface area contributed by atoms with Crippen molar-refractivity contribution in [3.8, 4) is 11.5 Å². The van der Waals surface area contributed by atoms with E-state index in [-0.39, 0.29) is 24.3 Å². The van der Waals surface area contributed by atoms with E-state index in [9.17, 15) is 4.79 Å². The summed E-state index contributed by atoms with van der Waals surface area (Å²) in [5.74, 6) is 2.30. The molecule has 9 heteroatoms. The molecule has 3 heterocycles. The van der Waals surface area contributed by atoms with Crippen molar-refractivity contribution in [1.29, 1.82) is 0 Å². The minimum Gasteiger partial charge on any atom is -0.485 e. The number of hydrogen-bond acceptors (Lipinski definition) is 8. The Morgan fingerprint density at radius 3 is 2.81 bits per heavy atom. The van der Waals surface area contributed by atoms with Crippen molar-refractivity contribution >= 4 is 28.6 Å². The second-order valence-corrected chi connectivity index (χ2v) is 7.96. The molecule has 0 saturated heterocycles. The van der Waals surface area contributed by atoms with Crippen LogP contribution in [0.5, 0.6) is 11.5 Å². The van der Waals surface area contributed by atoms with E-state index in [1.807, 2.05) is 61.5 Å². The van der Waals surface area contributed by atoms with Crippen LogP contribution in [0.4, 0.5) is 0 Å². The molecule has 4 aromatic rings. The molecule has 0 radical (unpaired) electrons. The fraction of sp³-hybridized carbons (Fsp3) is 0.227. The second kappa shape index (κ2) is 8.35. The fourth-order valence-corrected chi connectivity index (χ4v) is 3.83. The molecule has 0 unspecified atom stereocenters. The molecule has 2 aromatic carbocycles. The zero-order valence-electron chi connectivity index (χ0n) is 16.6. The summed E-state index contributed by atoms with van der Waals surface area (Å²) < 4.78 is 23.0. The summed E-state index contributed by atoms with van der Waals surface area (Å²) in [5.41, 5.74) is 0.794. The normalized spacial score (nSPS) is 16.2. The Bertz CT molecular complexity index is 1190. The quantitative estimate of drug-likeness (QED) is 0.446. The number of nitrogens with zero attached hydrogens (tertiary/aromatic N) is 2. The Balaban J connectivity index is 1.15. The van der Waals surface area contributed by atoms with E-state index < -0.39 is 6.10 Å². The summed E-state index contributed by atoms with van der Waals surface area (Å²) in [6.45, 7) is 2.15. The summed E-state index contributed by atoms with van der Waals surface area (Å²) in [6, 6.07) is 16.8. The molecule has 2 atom stereocenters. The highest BCUT2D eigenvalue weighted by atomic mass is 32.2. The third kappa shape index (κ3) is 4.22. The summed E-state index contributed by atoms with van der Waals surface area (Å²) in [6.07, 6.45) is -0.487. The number of nitrogens with one attached hydrogen (secondary N) is 1. The van der Waals surface area contributed by atoms with Crippen LogP contribution in [-0.4, -0.2) is 28.5 Å². The first-order chi connectivity index (χ1) is 15.2. The van der Waals surface area contributed by atoms with Crippen molar-refractivity contribution in [3.05, 3.63) is 66.2 Å². The molecule has 0 fully saturated rings. The lowest BCUT2D eigenvalue weighted by molar-refractivity contribution is -0.119. The van der Waals surface area contributed by atoms with Gasteiger partial charge in [-0.15, -0.1) is 10.2 Å². The van der Waals surface area contributed by atoms with Crippen LogP contribution < -0.4 is 14.8 Å². The highest BCUT2D eigenvalue weighted by Gasteiger charge is 2.27. The van der Waals surface area contributed by atoms with E-state index in [1.165, 1.54) is 0 Å². The van der Waals surface area contributed by atoms with Crippen molar-refractivity contribution in [2.24, 2.45) is 0 Å². The van der Waals surface area contributed by atoms with Gasteiger partial charge in [0, 0.05) is 5.39 Å². The predicted molar refractivity (Wildman–Crippen MR) is 113 cm³/mol. The van der Waals surface area contributed by atoms with Gasteiger partial charge in [-0.05, 0) is 31.2 Å². The number of hydrogen-bond donors (Lipinski definition) is 1. The molecule has 0 bridgehead atoms. The molecular weight excluding hydrogens is 418 g/mol. The second-order valence-electron chi connectivity index (χ2n) is 7.03. The number of thioether (sulfide) groups is 1. The van der Waals surface area contributed by atoms with E-state index >= 15 is 0 Å². The van der Waals surface area contributed by atoms with Crippen LogP contribution in [0, 0.1) is 0 Å². The van der Waals surface area contributed by atoms with Crippen LogP contribution in [0.15, 0.2) is 68.7 Å². The fourth-order valence-electron chi connectivity index (χ4n) is 3.25. The van der Waals surface area contributed by atoms with E-state index in [0.717, 1.165) is 22.7 Å². The van der Waals surface area contributed by atoms with Crippen molar-refractivity contribution in [3.63, 3.8) is 0 Å². The van der Waals surface area contributed by atoms with Crippen LogP contribution in [0.25, 0.3) is 11.0 Å². The average molecular weight is 437 g/mol. The predicted octanol–water partition coefficient (Wildman–Crippen LogP) is 4.30. The summed E-state index contributed by atoms with van der Waals surface area (Å²) >= 11 is 1.16. The maximum atomic E-state index is 12.4. The molecular formula is C22H19N3O5S. The van der Waals surface area contributed by atoms with Crippen LogP contribution in [0.2, 0.25) is 0 Å². The number of rotatable bonds is 6. The number of carbonyl (C=O) groups excluding carboxylic acids is 1. The van der Waals surface area contributed by atoms with E-state index in [1.54, 1.807) is 0 Å². The summed E-state index contributed by atoms with van der Waals surface area (Å²) in [4.78, 5) is 12.4. The first-order valence-corrected chi connectivity index (χ1v) is 10.8. The van der Waals surface area contributed by atoms with Gasteiger partial charge in [-0.2, -0.15) is 0 Å². The zero-order chi connectivity index (χ0) is 21.2.